The minimum absolute atomic E-state index is 0.292. The first-order chi connectivity index (χ1) is 8.91. The Morgan fingerprint density at radius 3 is 2.74 bits per heavy atom. The van der Waals surface area contributed by atoms with Crippen molar-refractivity contribution in [1.82, 2.24) is 4.31 Å². The molecule has 1 N–H and O–H groups in total. The standard InChI is InChI=1S/C12H17NO5S/c1-9-3-2-7-13(8-6-9)19(16,17)11-5-4-10(18-11)12(14)15/h4-5,9H,2-3,6-8H2,1H3,(H,14,15). The van der Waals surface area contributed by atoms with Gasteiger partial charge >= 0.3 is 5.97 Å². The number of hydrogen-bond acceptors (Lipinski definition) is 4. The average Bonchev–Trinajstić information content (AvgIpc) is 2.74. The lowest BCUT2D eigenvalue weighted by molar-refractivity contribution is 0.0656. The van der Waals surface area contributed by atoms with Gasteiger partial charge in [-0.1, -0.05) is 6.92 Å². The first kappa shape index (κ1) is 14.1. The molecule has 1 aromatic heterocycles. The summed E-state index contributed by atoms with van der Waals surface area (Å²) < 4.78 is 30.9. The highest BCUT2D eigenvalue weighted by atomic mass is 32.2. The number of hydrogen-bond donors (Lipinski definition) is 1. The van der Waals surface area contributed by atoms with Crippen LogP contribution >= 0.6 is 0 Å². The summed E-state index contributed by atoms with van der Waals surface area (Å²) in [6.07, 6.45) is 2.63. The molecule has 1 aliphatic heterocycles. The van der Waals surface area contributed by atoms with E-state index in [4.69, 9.17) is 9.52 Å². The number of furan rings is 1. The first-order valence-electron chi connectivity index (χ1n) is 6.24. The molecule has 7 heteroatoms. The third-order valence-corrected chi connectivity index (χ3v) is 5.13. The van der Waals surface area contributed by atoms with Gasteiger partial charge in [0.05, 0.1) is 0 Å². The topological polar surface area (TPSA) is 87.8 Å². The van der Waals surface area contributed by atoms with Crippen molar-refractivity contribution in [3.8, 4) is 0 Å². The fourth-order valence-corrected chi connectivity index (χ4v) is 3.58. The molecule has 0 aromatic carbocycles. The summed E-state index contributed by atoms with van der Waals surface area (Å²) in [5.41, 5.74) is 0. The molecule has 1 aromatic rings. The van der Waals surface area contributed by atoms with Crippen LogP contribution in [0, 0.1) is 5.92 Å². The van der Waals surface area contributed by atoms with Crippen molar-refractivity contribution >= 4 is 16.0 Å². The SMILES string of the molecule is CC1CCCN(S(=O)(=O)c2ccc(C(=O)O)o2)CC1. The molecular formula is C12H17NO5S. The summed E-state index contributed by atoms with van der Waals surface area (Å²) in [6, 6.07) is 2.36. The number of sulfonamides is 1. The van der Waals surface area contributed by atoms with Crippen molar-refractivity contribution in [2.45, 2.75) is 31.3 Å². The van der Waals surface area contributed by atoms with Gasteiger partial charge in [0.1, 0.15) is 0 Å². The Labute approximate surface area is 112 Å². The molecule has 2 heterocycles. The number of carboxylic acid groups (broad SMARTS) is 1. The molecule has 1 fully saturated rings. The normalized spacial score (nSPS) is 22.1. The quantitative estimate of drug-likeness (QED) is 0.915. The Kier molecular flexibility index (Phi) is 3.96. The first-order valence-corrected chi connectivity index (χ1v) is 7.68. The second kappa shape index (κ2) is 5.34. The summed E-state index contributed by atoms with van der Waals surface area (Å²) in [4.78, 5) is 10.7. The van der Waals surface area contributed by atoms with E-state index in [1.165, 1.54) is 10.4 Å². The monoisotopic (exact) mass is 287 g/mol. The molecule has 0 radical (unpaired) electrons. The zero-order valence-corrected chi connectivity index (χ0v) is 11.5. The van der Waals surface area contributed by atoms with Gasteiger partial charge in [-0.2, -0.15) is 4.31 Å². The van der Waals surface area contributed by atoms with Crippen molar-refractivity contribution < 1.29 is 22.7 Å². The molecule has 0 bridgehead atoms. The fourth-order valence-electron chi connectivity index (χ4n) is 2.18. The lowest BCUT2D eigenvalue weighted by Crippen LogP contribution is -2.31. The van der Waals surface area contributed by atoms with E-state index in [2.05, 4.69) is 6.92 Å². The van der Waals surface area contributed by atoms with Gasteiger partial charge in [0, 0.05) is 13.1 Å². The van der Waals surface area contributed by atoms with E-state index < -0.39 is 16.0 Å². The molecule has 1 unspecified atom stereocenters. The van der Waals surface area contributed by atoms with E-state index in [9.17, 15) is 13.2 Å². The molecule has 1 aliphatic rings. The van der Waals surface area contributed by atoms with Crippen LogP contribution in [0.5, 0.6) is 0 Å². The van der Waals surface area contributed by atoms with Crippen LogP contribution in [-0.4, -0.2) is 36.9 Å². The lowest BCUT2D eigenvalue weighted by Gasteiger charge is -2.18. The van der Waals surface area contributed by atoms with Gasteiger partial charge in [-0.25, -0.2) is 13.2 Å². The van der Waals surface area contributed by atoms with Crippen molar-refractivity contribution in [3.63, 3.8) is 0 Å². The number of nitrogens with zero attached hydrogens (tertiary/aromatic N) is 1. The van der Waals surface area contributed by atoms with Crippen LogP contribution in [0.25, 0.3) is 0 Å². The minimum Gasteiger partial charge on any atom is -0.475 e. The van der Waals surface area contributed by atoms with Crippen molar-refractivity contribution in [2.75, 3.05) is 13.1 Å². The Morgan fingerprint density at radius 1 is 1.37 bits per heavy atom. The van der Waals surface area contributed by atoms with Gasteiger partial charge < -0.3 is 9.52 Å². The second-order valence-electron chi connectivity index (χ2n) is 4.86. The van der Waals surface area contributed by atoms with Crippen molar-refractivity contribution in [3.05, 3.63) is 17.9 Å². The zero-order valence-electron chi connectivity index (χ0n) is 10.7. The molecule has 6 nitrogen and oxygen atoms in total. The van der Waals surface area contributed by atoms with Gasteiger partial charge in [0.15, 0.2) is 0 Å². The summed E-state index contributed by atoms with van der Waals surface area (Å²) >= 11 is 0. The molecule has 2 rings (SSSR count). The summed E-state index contributed by atoms with van der Waals surface area (Å²) in [5, 5.41) is 8.46. The lowest BCUT2D eigenvalue weighted by atomic mass is 10.0. The predicted octanol–water partition coefficient (Wildman–Crippen LogP) is 1.79. The van der Waals surface area contributed by atoms with Crippen LogP contribution in [0.1, 0.15) is 36.7 Å². The summed E-state index contributed by atoms with van der Waals surface area (Å²) in [7, 11) is -3.72. The van der Waals surface area contributed by atoms with Gasteiger partial charge in [0.2, 0.25) is 10.9 Å². The van der Waals surface area contributed by atoms with E-state index in [1.807, 2.05) is 0 Å². The minimum atomic E-state index is -3.72. The number of carboxylic acids is 1. The van der Waals surface area contributed by atoms with Gasteiger partial charge in [-0.3, -0.25) is 0 Å². The van der Waals surface area contributed by atoms with Gasteiger partial charge in [0.25, 0.3) is 10.0 Å². The van der Waals surface area contributed by atoms with Crippen molar-refractivity contribution in [1.29, 1.82) is 0 Å². The Balaban J connectivity index is 2.23. The maximum Gasteiger partial charge on any atom is 0.371 e. The van der Waals surface area contributed by atoms with Crippen LogP contribution in [0.15, 0.2) is 21.6 Å². The van der Waals surface area contributed by atoms with Crippen LogP contribution in [0.3, 0.4) is 0 Å². The number of aromatic carboxylic acids is 1. The molecular weight excluding hydrogens is 270 g/mol. The Morgan fingerprint density at radius 2 is 2.11 bits per heavy atom. The largest absolute Gasteiger partial charge is 0.475 e. The van der Waals surface area contributed by atoms with E-state index in [0.717, 1.165) is 25.3 Å². The van der Waals surface area contributed by atoms with Gasteiger partial charge in [-0.05, 0) is 37.3 Å². The van der Waals surface area contributed by atoms with Crippen molar-refractivity contribution in [2.24, 2.45) is 5.92 Å². The Hall–Kier alpha value is -1.34. The summed E-state index contributed by atoms with van der Waals surface area (Å²) in [6.45, 7) is 3.01. The summed E-state index contributed by atoms with van der Waals surface area (Å²) in [5.74, 6) is -1.13. The average molecular weight is 287 g/mol. The second-order valence-corrected chi connectivity index (χ2v) is 6.73. The molecule has 106 valence electrons. The highest BCUT2D eigenvalue weighted by molar-refractivity contribution is 7.89. The number of carbonyl (C=O) groups is 1. The molecule has 1 atom stereocenters. The maximum absolute atomic E-state index is 12.3. The Bertz CT molecular complexity index is 562. The fraction of sp³-hybridized carbons (Fsp3) is 0.583. The molecule has 0 aliphatic carbocycles. The van der Waals surface area contributed by atoms with Crippen LogP contribution in [0.4, 0.5) is 0 Å². The molecule has 1 saturated heterocycles. The smallest absolute Gasteiger partial charge is 0.371 e. The molecule has 0 spiro atoms. The number of rotatable bonds is 3. The predicted molar refractivity (Wildman–Crippen MR) is 67.4 cm³/mol. The maximum atomic E-state index is 12.3. The van der Waals surface area contributed by atoms with Crippen LogP contribution < -0.4 is 0 Å². The third kappa shape index (κ3) is 2.98. The third-order valence-electron chi connectivity index (χ3n) is 3.36. The van der Waals surface area contributed by atoms with Crippen LogP contribution in [-0.2, 0) is 10.0 Å². The molecule has 0 amide bonds. The van der Waals surface area contributed by atoms with E-state index in [0.29, 0.717) is 19.0 Å². The molecule has 19 heavy (non-hydrogen) atoms. The van der Waals surface area contributed by atoms with E-state index in [1.54, 1.807) is 0 Å². The van der Waals surface area contributed by atoms with E-state index in [-0.39, 0.29) is 10.9 Å². The van der Waals surface area contributed by atoms with E-state index >= 15 is 0 Å². The van der Waals surface area contributed by atoms with Gasteiger partial charge in [-0.15, -0.1) is 0 Å². The van der Waals surface area contributed by atoms with Crippen LogP contribution in [0.2, 0.25) is 0 Å². The molecule has 0 saturated carbocycles. The zero-order chi connectivity index (χ0) is 14.0. The highest BCUT2D eigenvalue weighted by Gasteiger charge is 2.30. The highest BCUT2D eigenvalue weighted by Crippen LogP contribution is 2.24.